The van der Waals surface area contributed by atoms with E-state index in [1.807, 2.05) is 0 Å². The fourth-order valence-electron chi connectivity index (χ4n) is 1.71. The van der Waals surface area contributed by atoms with Gasteiger partial charge in [0.15, 0.2) is 0 Å². The van der Waals surface area contributed by atoms with Crippen LogP contribution in [0.5, 0.6) is 0 Å². The summed E-state index contributed by atoms with van der Waals surface area (Å²) in [5.41, 5.74) is 0.213. The monoisotopic (exact) mass is 256 g/mol. The van der Waals surface area contributed by atoms with Crippen LogP contribution in [0.15, 0.2) is 41.0 Å². The summed E-state index contributed by atoms with van der Waals surface area (Å²) in [5.74, 6) is 0.544. The van der Waals surface area contributed by atoms with Crippen LogP contribution < -0.4 is 0 Å². The lowest BCUT2D eigenvalue weighted by Crippen LogP contribution is -2.06. The van der Waals surface area contributed by atoms with Crippen molar-refractivity contribution in [1.82, 2.24) is 0 Å². The van der Waals surface area contributed by atoms with E-state index >= 15 is 0 Å². The second kappa shape index (κ2) is 4.49. The van der Waals surface area contributed by atoms with Gasteiger partial charge in [-0.3, -0.25) is 0 Å². The third-order valence-corrected chi connectivity index (χ3v) is 2.75. The zero-order valence-corrected chi connectivity index (χ0v) is 9.53. The first kappa shape index (κ1) is 12.7. The molecule has 2 nitrogen and oxygen atoms in total. The van der Waals surface area contributed by atoms with Crippen molar-refractivity contribution >= 4 is 0 Å². The Balaban J connectivity index is 2.28. The van der Waals surface area contributed by atoms with Crippen molar-refractivity contribution in [3.63, 3.8) is 0 Å². The van der Waals surface area contributed by atoms with Crippen molar-refractivity contribution in [3.8, 4) is 0 Å². The Kier molecular flexibility index (Phi) is 3.17. The van der Waals surface area contributed by atoms with E-state index in [1.165, 1.54) is 18.4 Å². The second-order valence-electron chi connectivity index (χ2n) is 3.95. The molecule has 2 rings (SSSR count). The van der Waals surface area contributed by atoms with Crippen LogP contribution in [-0.2, 0) is 6.18 Å². The van der Waals surface area contributed by atoms with Crippen LogP contribution in [0, 0.1) is 6.92 Å². The van der Waals surface area contributed by atoms with Crippen LogP contribution in [0.1, 0.15) is 28.6 Å². The molecule has 1 unspecified atom stereocenters. The van der Waals surface area contributed by atoms with E-state index in [4.69, 9.17) is 4.42 Å². The van der Waals surface area contributed by atoms with Crippen LogP contribution in [0.2, 0.25) is 0 Å². The number of aryl methyl sites for hydroxylation is 1. The van der Waals surface area contributed by atoms with Gasteiger partial charge >= 0.3 is 6.18 Å². The third-order valence-electron chi connectivity index (χ3n) is 2.75. The van der Waals surface area contributed by atoms with Gasteiger partial charge in [-0.05, 0) is 30.7 Å². The van der Waals surface area contributed by atoms with Gasteiger partial charge in [0.1, 0.15) is 11.9 Å². The van der Waals surface area contributed by atoms with Gasteiger partial charge in [0.05, 0.1) is 11.8 Å². The zero-order valence-electron chi connectivity index (χ0n) is 9.53. The van der Waals surface area contributed by atoms with Crippen LogP contribution in [0.25, 0.3) is 0 Å². The van der Waals surface area contributed by atoms with Gasteiger partial charge in [0, 0.05) is 5.56 Å². The largest absolute Gasteiger partial charge is 0.469 e. The van der Waals surface area contributed by atoms with E-state index in [-0.39, 0.29) is 0 Å². The molecule has 1 N–H and O–H groups in total. The molecule has 0 spiro atoms. The van der Waals surface area contributed by atoms with Crippen LogP contribution >= 0.6 is 0 Å². The summed E-state index contributed by atoms with van der Waals surface area (Å²) in [6, 6.07) is 6.03. The normalized spacial score (nSPS) is 13.6. The highest BCUT2D eigenvalue weighted by Gasteiger charge is 2.30. The minimum Gasteiger partial charge on any atom is -0.469 e. The Morgan fingerprint density at radius 3 is 2.17 bits per heavy atom. The molecule has 0 saturated carbocycles. The molecule has 5 heteroatoms. The molecule has 0 aliphatic heterocycles. The molecule has 0 bridgehead atoms. The second-order valence-corrected chi connectivity index (χ2v) is 3.95. The van der Waals surface area contributed by atoms with Gasteiger partial charge in [-0.25, -0.2) is 0 Å². The Morgan fingerprint density at radius 1 is 1.11 bits per heavy atom. The van der Waals surface area contributed by atoms with Crippen LogP contribution in [-0.4, -0.2) is 5.11 Å². The molecule has 0 amide bonds. The number of hydrogen-bond donors (Lipinski definition) is 1. The van der Waals surface area contributed by atoms with Crippen molar-refractivity contribution in [2.75, 3.05) is 0 Å². The predicted molar refractivity (Wildman–Crippen MR) is 59.0 cm³/mol. The minimum absolute atomic E-state index is 0.396. The molecule has 1 aromatic carbocycles. The van der Waals surface area contributed by atoms with Gasteiger partial charge in [-0.2, -0.15) is 13.2 Å². The summed E-state index contributed by atoms with van der Waals surface area (Å²) in [6.45, 7) is 1.68. The standard InChI is InChI=1S/C13H11F3O2/c1-8-11(6-7-18-8)12(17)9-2-4-10(5-3-9)13(14,15)16/h2-7,12,17H,1H3. The molecule has 1 atom stereocenters. The van der Waals surface area contributed by atoms with Crippen molar-refractivity contribution in [3.05, 3.63) is 59.0 Å². The number of alkyl halides is 3. The van der Waals surface area contributed by atoms with Gasteiger partial charge in [0.2, 0.25) is 0 Å². The Bertz CT molecular complexity index is 526. The molecule has 1 aromatic heterocycles. The number of aliphatic hydroxyl groups is 1. The molecule has 96 valence electrons. The molecular weight excluding hydrogens is 245 g/mol. The number of halogens is 3. The number of rotatable bonds is 2. The summed E-state index contributed by atoms with van der Waals surface area (Å²) >= 11 is 0. The van der Waals surface area contributed by atoms with Crippen molar-refractivity contribution < 1.29 is 22.7 Å². The van der Waals surface area contributed by atoms with Crippen LogP contribution in [0.3, 0.4) is 0 Å². The molecule has 0 aliphatic rings. The highest BCUT2D eigenvalue weighted by molar-refractivity contribution is 5.33. The number of furan rings is 1. The third kappa shape index (κ3) is 2.41. The maximum atomic E-state index is 12.4. The van der Waals surface area contributed by atoms with Gasteiger partial charge in [-0.15, -0.1) is 0 Å². The van der Waals surface area contributed by atoms with Crippen molar-refractivity contribution in [2.24, 2.45) is 0 Å². The highest BCUT2D eigenvalue weighted by Crippen LogP contribution is 2.31. The Morgan fingerprint density at radius 2 is 1.72 bits per heavy atom. The molecule has 1 heterocycles. The van der Waals surface area contributed by atoms with Crippen LogP contribution in [0.4, 0.5) is 13.2 Å². The summed E-state index contributed by atoms with van der Waals surface area (Å²) in [7, 11) is 0. The summed E-state index contributed by atoms with van der Waals surface area (Å²) in [4.78, 5) is 0. The lowest BCUT2D eigenvalue weighted by atomic mass is 10.0. The summed E-state index contributed by atoms with van der Waals surface area (Å²) < 4.78 is 42.2. The molecule has 0 radical (unpaired) electrons. The van der Waals surface area contributed by atoms with Gasteiger partial charge in [-0.1, -0.05) is 12.1 Å². The SMILES string of the molecule is Cc1occc1C(O)c1ccc(C(F)(F)F)cc1. The van der Waals surface area contributed by atoms with E-state index in [1.54, 1.807) is 13.0 Å². The highest BCUT2D eigenvalue weighted by atomic mass is 19.4. The minimum atomic E-state index is -4.37. The zero-order chi connectivity index (χ0) is 13.3. The molecule has 2 aromatic rings. The quantitative estimate of drug-likeness (QED) is 0.889. The molecule has 0 fully saturated rings. The molecule has 0 saturated heterocycles. The van der Waals surface area contributed by atoms with E-state index in [2.05, 4.69) is 0 Å². The predicted octanol–water partition coefficient (Wildman–Crippen LogP) is 3.69. The summed E-state index contributed by atoms with van der Waals surface area (Å²) in [5, 5.41) is 10.0. The Hall–Kier alpha value is -1.75. The van der Waals surface area contributed by atoms with E-state index in [0.29, 0.717) is 16.9 Å². The first-order valence-corrected chi connectivity index (χ1v) is 5.29. The lowest BCUT2D eigenvalue weighted by molar-refractivity contribution is -0.137. The molecule has 18 heavy (non-hydrogen) atoms. The number of benzene rings is 1. The maximum absolute atomic E-state index is 12.4. The number of hydrogen-bond acceptors (Lipinski definition) is 2. The lowest BCUT2D eigenvalue weighted by Gasteiger charge is -2.12. The fourth-order valence-corrected chi connectivity index (χ4v) is 1.71. The average Bonchev–Trinajstić information content (AvgIpc) is 2.73. The van der Waals surface area contributed by atoms with E-state index in [0.717, 1.165) is 12.1 Å². The maximum Gasteiger partial charge on any atom is 0.416 e. The van der Waals surface area contributed by atoms with E-state index < -0.39 is 17.8 Å². The summed E-state index contributed by atoms with van der Waals surface area (Å²) in [6.07, 6.45) is -3.92. The van der Waals surface area contributed by atoms with Gasteiger partial charge < -0.3 is 9.52 Å². The Labute approximate surface area is 102 Å². The van der Waals surface area contributed by atoms with Gasteiger partial charge in [0.25, 0.3) is 0 Å². The topological polar surface area (TPSA) is 33.4 Å². The molecular formula is C13H11F3O2. The van der Waals surface area contributed by atoms with Crippen molar-refractivity contribution in [1.29, 1.82) is 0 Å². The molecule has 0 aliphatic carbocycles. The average molecular weight is 256 g/mol. The fraction of sp³-hybridized carbons (Fsp3) is 0.231. The van der Waals surface area contributed by atoms with E-state index in [9.17, 15) is 18.3 Å². The first-order valence-electron chi connectivity index (χ1n) is 5.29. The van der Waals surface area contributed by atoms with Crippen molar-refractivity contribution in [2.45, 2.75) is 19.2 Å². The number of aliphatic hydroxyl groups excluding tert-OH is 1. The first-order chi connectivity index (χ1) is 8.39. The smallest absolute Gasteiger partial charge is 0.416 e.